The Kier molecular flexibility index (Phi) is 9.45. The van der Waals surface area contributed by atoms with Crippen LogP contribution in [0.1, 0.15) is 29.7 Å². The molecule has 2 amide bonds. The van der Waals surface area contributed by atoms with E-state index in [1.165, 1.54) is 11.0 Å². The zero-order valence-electron chi connectivity index (χ0n) is 18.5. The summed E-state index contributed by atoms with van der Waals surface area (Å²) in [4.78, 5) is 18.2. The van der Waals surface area contributed by atoms with Crippen LogP contribution in [0.15, 0.2) is 36.5 Å². The highest BCUT2D eigenvalue weighted by Gasteiger charge is 2.34. The minimum absolute atomic E-state index is 0.0195. The molecule has 0 fully saturated rings. The highest BCUT2D eigenvalue weighted by atomic mass is 19.4. The Balaban J connectivity index is 0.00000199. The maximum absolute atomic E-state index is 14.4. The number of anilines is 1. The number of ether oxygens (including phenoxy) is 1. The molecule has 1 aliphatic rings. The van der Waals surface area contributed by atoms with Gasteiger partial charge in [-0.05, 0) is 48.6 Å². The van der Waals surface area contributed by atoms with Crippen LogP contribution >= 0.6 is 0 Å². The quantitative estimate of drug-likeness (QED) is 0.464. The number of hydrogen-bond donors (Lipinski definition) is 2. The van der Waals surface area contributed by atoms with Gasteiger partial charge in [0.2, 0.25) is 0 Å². The Labute approximate surface area is 195 Å². The molecule has 2 N–H and O–H groups in total. The van der Waals surface area contributed by atoms with Gasteiger partial charge in [-0.2, -0.15) is 13.2 Å². The summed E-state index contributed by atoms with van der Waals surface area (Å²) in [6.45, 7) is 0.515. The molecule has 2 aromatic rings. The average Bonchev–Trinajstić information content (AvgIpc) is 2.83. The van der Waals surface area contributed by atoms with E-state index in [0.717, 1.165) is 25.3 Å². The fourth-order valence-electron chi connectivity index (χ4n) is 3.41. The predicted octanol–water partition coefficient (Wildman–Crippen LogP) is 4.74. The Morgan fingerprint density at radius 1 is 1.29 bits per heavy atom. The molecule has 6 nitrogen and oxygen atoms in total. The van der Waals surface area contributed by atoms with Gasteiger partial charge < -0.3 is 20.1 Å². The van der Waals surface area contributed by atoms with Crippen LogP contribution < -0.4 is 10.1 Å². The molecule has 182 valence electrons. The van der Waals surface area contributed by atoms with Gasteiger partial charge in [0.25, 0.3) is 0 Å². The topological polar surface area (TPSA) is 74.7 Å². The van der Waals surface area contributed by atoms with Crippen LogP contribution in [0.3, 0.4) is 0 Å². The molecule has 34 heavy (non-hydrogen) atoms. The van der Waals surface area contributed by atoms with Gasteiger partial charge in [0.1, 0.15) is 17.3 Å². The van der Waals surface area contributed by atoms with E-state index < -0.39 is 23.6 Å². The number of terminal acetylenes is 1. The lowest BCUT2D eigenvalue weighted by Crippen LogP contribution is -2.38. The third kappa shape index (κ3) is 6.71. The Hall–Kier alpha value is -3.58. The summed E-state index contributed by atoms with van der Waals surface area (Å²) in [5.74, 6) is -0.846. The second-order valence-corrected chi connectivity index (χ2v) is 7.27. The number of pyridine rings is 1. The monoisotopic (exact) mass is 479 g/mol. The molecule has 0 aliphatic carbocycles. The van der Waals surface area contributed by atoms with Crippen molar-refractivity contribution in [2.24, 2.45) is 0 Å². The number of aliphatic hydroxyl groups is 1. The third-order valence-electron chi connectivity index (χ3n) is 5.08. The van der Waals surface area contributed by atoms with E-state index in [9.17, 15) is 22.4 Å². The Bertz CT molecular complexity index is 1050. The lowest BCUT2D eigenvalue weighted by atomic mass is 10.0. The first-order valence-electron chi connectivity index (χ1n) is 10.3. The number of aromatic nitrogens is 1. The van der Waals surface area contributed by atoms with Crippen molar-refractivity contribution in [1.29, 1.82) is 0 Å². The van der Waals surface area contributed by atoms with E-state index in [4.69, 9.17) is 9.84 Å². The number of hydrogen-bond acceptors (Lipinski definition) is 4. The van der Waals surface area contributed by atoms with E-state index in [2.05, 4.69) is 23.1 Å². The van der Waals surface area contributed by atoms with E-state index in [-0.39, 0.29) is 30.3 Å². The van der Waals surface area contributed by atoms with Crippen molar-refractivity contribution in [1.82, 2.24) is 9.88 Å². The summed E-state index contributed by atoms with van der Waals surface area (Å²) in [6, 6.07) is 4.03. The first-order valence-corrected chi connectivity index (χ1v) is 10.3. The summed E-state index contributed by atoms with van der Waals surface area (Å²) >= 11 is 0. The number of carbonyl (C=O) groups excluding carboxylic acids is 1. The van der Waals surface area contributed by atoms with Gasteiger partial charge in [-0.25, -0.2) is 9.18 Å². The Morgan fingerprint density at radius 3 is 2.59 bits per heavy atom. The molecule has 0 atom stereocenters. The second-order valence-electron chi connectivity index (χ2n) is 7.27. The van der Waals surface area contributed by atoms with Crippen LogP contribution in [0, 0.1) is 18.7 Å². The maximum Gasteiger partial charge on any atom is 0.419 e. The number of rotatable bonds is 6. The van der Waals surface area contributed by atoms with Crippen molar-refractivity contribution < 1.29 is 32.2 Å². The van der Waals surface area contributed by atoms with E-state index >= 15 is 0 Å². The van der Waals surface area contributed by atoms with Crippen molar-refractivity contribution in [3.63, 3.8) is 0 Å². The van der Waals surface area contributed by atoms with Gasteiger partial charge in [0, 0.05) is 37.6 Å². The van der Waals surface area contributed by atoms with Gasteiger partial charge in [-0.3, -0.25) is 4.98 Å². The zero-order chi connectivity index (χ0) is 25.3. The molecule has 1 aromatic heterocycles. The van der Waals surface area contributed by atoms with Crippen LogP contribution in [0.25, 0.3) is 5.57 Å². The first-order chi connectivity index (χ1) is 16.2. The number of halogens is 4. The van der Waals surface area contributed by atoms with Gasteiger partial charge >= 0.3 is 12.2 Å². The molecule has 0 saturated carbocycles. The number of aliphatic hydroxyl groups excluding tert-OH is 1. The SMILES string of the molecule is C#C.COc1cc(NC(=O)N2CC=C(c3ncc(CCCO)cc3F)CC2)ccc1C(F)(F)F. The molecule has 0 saturated heterocycles. The molecule has 0 unspecified atom stereocenters. The first kappa shape index (κ1) is 26.7. The summed E-state index contributed by atoms with van der Waals surface area (Å²) in [6.07, 6.45) is 8.15. The van der Waals surface area contributed by atoms with Crippen LogP contribution in [-0.2, 0) is 12.6 Å². The fourth-order valence-corrected chi connectivity index (χ4v) is 3.41. The third-order valence-corrected chi connectivity index (χ3v) is 5.08. The molecule has 0 spiro atoms. The molecular formula is C24H25F4N3O3. The number of nitrogens with one attached hydrogen (secondary N) is 1. The predicted molar refractivity (Wildman–Crippen MR) is 121 cm³/mol. The van der Waals surface area contributed by atoms with Gasteiger partial charge in [-0.15, -0.1) is 12.8 Å². The number of alkyl halides is 3. The standard InChI is InChI=1S/C22H23F4N3O3.C2H2/c1-32-19-12-16(4-5-17(19)22(24,25)26)28-21(31)29-8-6-15(7-9-29)20-18(23)11-14(13-27-20)3-2-10-30;1-2/h4-6,11-13,30H,2-3,7-10H2,1H3,(H,28,31);1-2H. The summed E-state index contributed by atoms with van der Waals surface area (Å²) in [5, 5.41) is 11.4. The normalized spacial score (nSPS) is 13.4. The largest absolute Gasteiger partial charge is 0.496 e. The molecule has 0 radical (unpaired) electrons. The number of methoxy groups -OCH3 is 1. The molecular weight excluding hydrogens is 454 g/mol. The van der Waals surface area contributed by atoms with Gasteiger partial charge in [0.15, 0.2) is 0 Å². The Morgan fingerprint density at radius 2 is 2.03 bits per heavy atom. The second kappa shape index (κ2) is 12.0. The summed E-state index contributed by atoms with van der Waals surface area (Å²) < 4.78 is 58.2. The maximum atomic E-state index is 14.4. The van der Waals surface area contributed by atoms with Crippen molar-refractivity contribution >= 4 is 17.3 Å². The minimum Gasteiger partial charge on any atom is -0.496 e. The minimum atomic E-state index is -4.57. The van der Waals surface area contributed by atoms with Crippen LogP contribution in [-0.4, -0.2) is 47.8 Å². The average molecular weight is 479 g/mol. The molecule has 3 rings (SSSR count). The fraction of sp³-hybridized carbons (Fsp3) is 0.333. The van der Waals surface area contributed by atoms with E-state index in [0.29, 0.717) is 36.9 Å². The van der Waals surface area contributed by atoms with E-state index in [1.807, 2.05) is 0 Å². The number of carbonyl (C=O) groups is 1. The van der Waals surface area contributed by atoms with Crippen molar-refractivity contribution in [2.45, 2.75) is 25.4 Å². The smallest absolute Gasteiger partial charge is 0.419 e. The van der Waals surface area contributed by atoms with Crippen molar-refractivity contribution in [3.8, 4) is 18.6 Å². The molecule has 1 aliphatic heterocycles. The number of amides is 2. The van der Waals surface area contributed by atoms with Crippen LogP contribution in [0.4, 0.5) is 28.0 Å². The lowest BCUT2D eigenvalue weighted by molar-refractivity contribution is -0.138. The highest BCUT2D eigenvalue weighted by Crippen LogP contribution is 2.37. The van der Waals surface area contributed by atoms with Crippen LogP contribution in [0.2, 0.25) is 0 Å². The van der Waals surface area contributed by atoms with Gasteiger partial charge in [-0.1, -0.05) is 6.08 Å². The number of benzene rings is 1. The molecule has 10 heteroatoms. The lowest BCUT2D eigenvalue weighted by Gasteiger charge is -2.27. The van der Waals surface area contributed by atoms with Crippen molar-refractivity contribution in [3.05, 3.63) is 59.2 Å². The molecule has 0 bridgehead atoms. The molecule has 2 heterocycles. The highest BCUT2D eigenvalue weighted by molar-refractivity contribution is 5.90. The summed E-state index contributed by atoms with van der Waals surface area (Å²) in [7, 11) is 1.12. The number of nitrogens with zero attached hydrogens (tertiary/aromatic N) is 2. The number of urea groups is 1. The van der Waals surface area contributed by atoms with Crippen molar-refractivity contribution in [2.75, 3.05) is 32.1 Å². The van der Waals surface area contributed by atoms with Crippen LogP contribution in [0.5, 0.6) is 5.75 Å². The van der Waals surface area contributed by atoms with E-state index in [1.54, 1.807) is 12.3 Å². The van der Waals surface area contributed by atoms with Gasteiger partial charge in [0.05, 0.1) is 12.7 Å². The summed E-state index contributed by atoms with van der Waals surface area (Å²) in [5.41, 5.74) is 0.840. The zero-order valence-corrected chi connectivity index (χ0v) is 18.5. The number of aryl methyl sites for hydroxylation is 1. The molecule has 1 aromatic carbocycles.